The molecular weight excluding hydrogens is 641 g/mol. The minimum absolute atomic E-state index is 0.821. The van der Waals surface area contributed by atoms with Gasteiger partial charge in [0.15, 0.2) is 8.07 Å². The molecule has 51 heavy (non-hydrogen) atoms. The van der Waals surface area contributed by atoms with Crippen molar-refractivity contribution in [2.45, 2.75) is 0 Å². The smallest absolute Gasteiger partial charge is 0.179 e. The van der Waals surface area contributed by atoms with Gasteiger partial charge < -0.3 is 14.2 Å². The third-order valence-electron chi connectivity index (χ3n) is 10.5. The van der Waals surface area contributed by atoms with Gasteiger partial charge in [-0.1, -0.05) is 109 Å². The van der Waals surface area contributed by atoms with E-state index >= 15 is 0 Å². The van der Waals surface area contributed by atoms with E-state index in [-0.39, 0.29) is 0 Å². The van der Waals surface area contributed by atoms with Crippen LogP contribution in [0.25, 0.3) is 49.6 Å². The van der Waals surface area contributed by atoms with Crippen LogP contribution in [0.1, 0.15) is 0 Å². The third kappa shape index (κ3) is 4.50. The second-order valence-electron chi connectivity index (χ2n) is 13.4. The lowest BCUT2D eigenvalue weighted by Gasteiger charge is -2.35. The highest BCUT2D eigenvalue weighted by Crippen LogP contribution is 2.40. The number of fused-ring (bicyclic) bond motifs is 7. The number of benzene rings is 6. The summed E-state index contributed by atoms with van der Waals surface area (Å²) in [4.78, 5) is 9.47. The van der Waals surface area contributed by atoms with Crippen molar-refractivity contribution < 1.29 is 4.42 Å². The van der Waals surface area contributed by atoms with Gasteiger partial charge in [-0.05, 0) is 69.3 Å². The van der Waals surface area contributed by atoms with Crippen LogP contribution in [0, 0.1) is 0 Å². The SMILES string of the molecule is CN1C=CN(c2cccc([Si](c3ccccc3)(c3ccccc3)c3ccc4c5ccc6oc7ccccc7c6c5n(-c5ccccn5)c4c3)c2)C1. The fraction of sp³-hybridized carbons (Fsp3) is 0.0444. The summed E-state index contributed by atoms with van der Waals surface area (Å²) < 4.78 is 8.78. The van der Waals surface area contributed by atoms with E-state index < -0.39 is 8.07 Å². The third-order valence-corrected chi connectivity index (χ3v) is 15.2. The Balaban J connectivity index is 1.34. The summed E-state index contributed by atoms with van der Waals surface area (Å²) in [6.45, 7) is 0.821. The first-order chi connectivity index (χ1) is 25.2. The molecule has 0 atom stereocenters. The van der Waals surface area contributed by atoms with E-state index in [1.807, 2.05) is 18.3 Å². The molecule has 10 rings (SSSR count). The summed E-state index contributed by atoms with van der Waals surface area (Å²) in [6, 6.07) is 57.6. The lowest BCUT2D eigenvalue weighted by molar-refractivity contribution is 0.496. The summed E-state index contributed by atoms with van der Waals surface area (Å²) >= 11 is 0. The van der Waals surface area contributed by atoms with Gasteiger partial charge in [-0.3, -0.25) is 4.57 Å². The number of pyridine rings is 1. The highest BCUT2D eigenvalue weighted by molar-refractivity contribution is 7.20. The molecule has 3 aromatic heterocycles. The van der Waals surface area contributed by atoms with Crippen LogP contribution in [-0.4, -0.2) is 36.2 Å². The van der Waals surface area contributed by atoms with E-state index in [4.69, 9.17) is 9.40 Å². The van der Waals surface area contributed by atoms with E-state index in [1.54, 1.807) is 0 Å². The molecule has 0 radical (unpaired) electrons. The summed E-state index contributed by atoms with van der Waals surface area (Å²) in [5.74, 6) is 0.881. The molecule has 0 N–H and O–H groups in total. The average Bonchev–Trinajstić information content (AvgIpc) is 3.89. The van der Waals surface area contributed by atoms with Crippen molar-refractivity contribution in [1.29, 1.82) is 0 Å². The number of furan rings is 1. The van der Waals surface area contributed by atoms with Gasteiger partial charge in [-0.25, -0.2) is 4.98 Å². The van der Waals surface area contributed by atoms with Crippen molar-refractivity contribution in [3.8, 4) is 5.82 Å². The van der Waals surface area contributed by atoms with Crippen molar-refractivity contribution >= 4 is 78.3 Å². The van der Waals surface area contributed by atoms with Gasteiger partial charge in [0.05, 0.1) is 23.1 Å². The Morgan fingerprint density at radius 1 is 0.569 bits per heavy atom. The van der Waals surface area contributed by atoms with Gasteiger partial charge >= 0.3 is 0 Å². The monoisotopic (exact) mass is 674 g/mol. The number of nitrogens with zero attached hydrogens (tertiary/aromatic N) is 4. The zero-order valence-corrected chi connectivity index (χ0v) is 29.1. The first kappa shape index (κ1) is 29.5. The minimum atomic E-state index is -2.89. The van der Waals surface area contributed by atoms with E-state index in [0.717, 1.165) is 45.5 Å². The number of rotatable bonds is 6. The quantitative estimate of drug-likeness (QED) is 0.134. The van der Waals surface area contributed by atoms with E-state index in [0.29, 0.717) is 0 Å². The zero-order chi connectivity index (χ0) is 33.9. The van der Waals surface area contributed by atoms with Crippen LogP contribution in [0.4, 0.5) is 5.69 Å². The van der Waals surface area contributed by atoms with Gasteiger partial charge in [0.25, 0.3) is 0 Å². The largest absolute Gasteiger partial charge is 0.456 e. The summed E-state index contributed by atoms with van der Waals surface area (Å²) in [7, 11) is -0.776. The Labute approximate surface area is 296 Å². The van der Waals surface area contributed by atoms with Crippen molar-refractivity contribution in [2.75, 3.05) is 18.6 Å². The predicted molar refractivity (Wildman–Crippen MR) is 214 cm³/mol. The van der Waals surface area contributed by atoms with E-state index in [2.05, 4.69) is 179 Å². The molecule has 0 fully saturated rings. The predicted octanol–water partition coefficient (Wildman–Crippen LogP) is 7.64. The fourth-order valence-corrected chi connectivity index (χ4v) is 13.0. The van der Waals surface area contributed by atoms with Crippen molar-refractivity contribution in [3.63, 3.8) is 0 Å². The molecular formula is C45H34N4OSi. The molecule has 0 saturated carbocycles. The maximum atomic E-state index is 6.42. The van der Waals surface area contributed by atoms with Crippen LogP contribution in [0.15, 0.2) is 181 Å². The van der Waals surface area contributed by atoms with Crippen LogP contribution in [0.5, 0.6) is 0 Å². The van der Waals surface area contributed by atoms with Gasteiger partial charge in [-0.2, -0.15) is 0 Å². The minimum Gasteiger partial charge on any atom is -0.456 e. The molecule has 0 amide bonds. The number of aromatic nitrogens is 2. The number of hydrogen-bond donors (Lipinski definition) is 0. The lowest BCUT2D eigenvalue weighted by atomic mass is 10.1. The van der Waals surface area contributed by atoms with Crippen LogP contribution >= 0.6 is 0 Å². The molecule has 4 heterocycles. The summed E-state index contributed by atoms with van der Waals surface area (Å²) in [5, 5.41) is 9.91. The molecule has 6 aromatic carbocycles. The topological polar surface area (TPSA) is 37.4 Å². The molecule has 0 saturated heterocycles. The van der Waals surface area contributed by atoms with Crippen molar-refractivity contribution in [2.24, 2.45) is 0 Å². The molecule has 244 valence electrons. The van der Waals surface area contributed by atoms with Crippen molar-refractivity contribution in [1.82, 2.24) is 14.5 Å². The molecule has 5 nitrogen and oxygen atoms in total. The summed E-state index contributed by atoms with van der Waals surface area (Å²) in [5.41, 5.74) is 5.19. The molecule has 0 aliphatic carbocycles. The fourth-order valence-electron chi connectivity index (χ4n) is 8.26. The summed E-state index contributed by atoms with van der Waals surface area (Å²) in [6.07, 6.45) is 6.19. The maximum Gasteiger partial charge on any atom is 0.179 e. The molecule has 1 aliphatic heterocycles. The Kier molecular flexibility index (Phi) is 6.72. The molecule has 0 unspecified atom stereocenters. The van der Waals surface area contributed by atoms with Crippen LogP contribution in [0.2, 0.25) is 0 Å². The van der Waals surface area contributed by atoms with Crippen LogP contribution in [-0.2, 0) is 0 Å². The average molecular weight is 675 g/mol. The Morgan fingerprint density at radius 3 is 2.02 bits per heavy atom. The highest BCUT2D eigenvalue weighted by Gasteiger charge is 2.42. The second kappa shape index (κ2) is 11.6. The Bertz CT molecular complexity index is 2710. The maximum absolute atomic E-state index is 6.42. The van der Waals surface area contributed by atoms with Gasteiger partial charge in [0.1, 0.15) is 17.0 Å². The van der Waals surface area contributed by atoms with Crippen LogP contribution < -0.4 is 25.6 Å². The standard InChI is InChI=1S/C45H34N4OSi/c1-47-27-28-48(31-47)32-13-12-18-35(29-32)51(33-14-4-2-5-15-33,34-16-6-3-7-17-34)36-22-23-37-38-24-25-42-44(39-19-8-9-20-41(39)50-42)45(38)49(40(37)30-36)43-21-10-11-26-46-43/h2-30H,31H2,1H3. The lowest BCUT2D eigenvalue weighted by Crippen LogP contribution is -2.74. The number of hydrogen-bond acceptors (Lipinski definition) is 4. The van der Waals surface area contributed by atoms with Gasteiger partial charge in [0, 0.05) is 47.5 Å². The number of anilines is 1. The first-order valence-electron chi connectivity index (χ1n) is 17.4. The molecule has 0 spiro atoms. The molecule has 9 aromatic rings. The Morgan fingerprint density at radius 2 is 1.27 bits per heavy atom. The molecule has 1 aliphatic rings. The first-order valence-corrected chi connectivity index (χ1v) is 19.4. The Hall–Kier alpha value is -6.37. The highest BCUT2D eigenvalue weighted by atomic mass is 28.3. The normalized spacial score (nSPS) is 13.4. The van der Waals surface area contributed by atoms with Gasteiger partial charge in [0.2, 0.25) is 0 Å². The molecule has 6 heteroatoms. The van der Waals surface area contributed by atoms with Gasteiger partial charge in [-0.15, -0.1) is 0 Å². The van der Waals surface area contributed by atoms with Crippen LogP contribution in [0.3, 0.4) is 0 Å². The van der Waals surface area contributed by atoms with Crippen molar-refractivity contribution in [3.05, 3.63) is 176 Å². The van der Waals surface area contributed by atoms with E-state index in [9.17, 15) is 0 Å². The van der Waals surface area contributed by atoms with E-state index in [1.165, 1.54) is 37.2 Å². The zero-order valence-electron chi connectivity index (χ0n) is 28.1. The second-order valence-corrected chi connectivity index (χ2v) is 17.2. The molecule has 0 bridgehead atoms. The number of para-hydroxylation sites is 1.